The SMILES string of the molecule is CN/N=C(\C=N)NC(=O)c1cc(Oc2ccc(S(=O)(=O)C3CC3)cc2)c2c(c1)OC(C)(COC)C2. The van der Waals surface area contributed by atoms with Crippen molar-refractivity contribution in [2.24, 2.45) is 5.10 Å². The summed E-state index contributed by atoms with van der Waals surface area (Å²) in [6.07, 6.45) is 2.80. The molecule has 11 heteroatoms. The molecule has 0 saturated heterocycles. The van der Waals surface area contributed by atoms with Gasteiger partial charge in [0, 0.05) is 31.7 Å². The van der Waals surface area contributed by atoms with Crippen LogP contribution in [-0.2, 0) is 21.0 Å². The zero-order chi connectivity index (χ0) is 25.2. The first-order chi connectivity index (χ1) is 16.7. The average Bonchev–Trinajstić information content (AvgIpc) is 3.62. The highest BCUT2D eigenvalue weighted by Crippen LogP contribution is 2.43. The second kappa shape index (κ2) is 9.67. The van der Waals surface area contributed by atoms with Crippen molar-refractivity contribution in [2.75, 3.05) is 20.8 Å². The largest absolute Gasteiger partial charge is 0.484 e. The molecule has 0 radical (unpaired) electrons. The van der Waals surface area contributed by atoms with Gasteiger partial charge in [0.1, 0.15) is 22.8 Å². The minimum absolute atomic E-state index is 0.0399. The van der Waals surface area contributed by atoms with Crippen molar-refractivity contribution in [1.82, 2.24) is 10.7 Å². The molecule has 1 heterocycles. The second-order valence-corrected chi connectivity index (χ2v) is 11.0. The first-order valence-corrected chi connectivity index (χ1v) is 12.7. The number of rotatable bonds is 9. The molecule has 2 aromatic rings. The molecule has 1 aliphatic carbocycles. The van der Waals surface area contributed by atoms with Crippen LogP contribution in [0.25, 0.3) is 0 Å². The summed E-state index contributed by atoms with van der Waals surface area (Å²) in [6.45, 7) is 2.24. The molecule has 1 amide bonds. The molecule has 1 fully saturated rings. The van der Waals surface area contributed by atoms with Gasteiger partial charge in [-0.1, -0.05) is 0 Å². The molecule has 0 aromatic heterocycles. The van der Waals surface area contributed by atoms with Gasteiger partial charge < -0.3 is 30.4 Å². The Hall–Kier alpha value is -3.44. The monoisotopic (exact) mass is 500 g/mol. The van der Waals surface area contributed by atoms with Crippen LogP contribution in [0.1, 0.15) is 35.7 Å². The molecule has 1 saturated carbocycles. The van der Waals surface area contributed by atoms with Crippen molar-refractivity contribution < 1.29 is 27.4 Å². The van der Waals surface area contributed by atoms with Crippen LogP contribution in [-0.4, -0.2) is 58.0 Å². The van der Waals surface area contributed by atoms with Crippen LogP contribution in [0.2, 0.25) is 0 Å². The summed E-state index contributed by atoms with van der Waals surface area (Å²) >= 11 is 0. The number of hydrogen-bond acceptors (Lipinski definition) is 9. The number of carbonyl (C=O) groups excluding carboxylic acids is 1. The van der Waals surface area contributed by atoms with Crippen molar-refractivity contribution in [3.63, 3.8) is 0 Å². The number of amides is 1. The lowest BCUT2D eigenvalue weighted by Gasteiger charge is -2.22. The van der Waals surface area contributed by atoms with Crippen molar-refractivity contribution in [2.45, 2.75) is 41.9 Å². The van der Waals surface area contributed by atoms with Crippen LogP contribution < -0.4 is 20.2 Å². The lowest BCUT2D eigenvalue weighted by Crippen LogP contribution is -2.35. The van der Waals surface area contributed by atoms with E-state index in [0.29, 0.717) is 43.1 Å². The van der Waals surface area contributed by atoms with Crippen LogP contribution in [0, 0.1) is 5.41 Å². The summed E-state index contributed by atoms with van der Waals surface area (Å²) < 4.78 is 42.5. The van der Waals surface area contributed by atoms with E-state index in [9.17, 15) is 13.2 Å². The Bertz CT molecular complexity index is 1270. The maximum Gasteiger partial charge on any atom is 0.257 e. The van der Waals surface area contributed by atoms with Gasteiger partial charge in [-0.2, -0.15) is 5.10 Å². The van der Waals surface area contributed by atoms with Crippen molar-refractivity contribution in [3.8, 4) is 17.2 Å². The molecule has 1 unspecified atom stereocenters. The number of benzene rings is 2. The van der Waals surface area contributed by atoms with E-state index in [1.54, 1.807) is 38.4 Å². The molecule has 1 atom stereocenters. The number of ether oxygens (including phenoxy) is 3. The second-order valence-electron chi connectivity index (χ2n) is 8.75. The first-order valence-electron chi connectivity index (χ1n) is 11.1. The van der Waals surface area contributed by atoms with Gasteiger partial charge in [0.15, 0.2) is 15.7 Å². The molecular weight excluding hydrogens is 472 g/mol. The molecule has 2 aromatic carbocycles. The summed E-state index contributed by atoms with van der Waals surface area (Å²) in [7, 11) is -0.154. The average molecular weight is 501 g/mol. The number of carbonyl (C=O) groups is 1. The summed E-state index contributed by atoms with van der Waals surface area (Å²) in [5, 5.41) is 13.5. The third-order valence-electron chi connectivity index (χ3n) is 5.74. The van der Waals surface area contributed by atoms with Crippen LogP contribution in [0.3, 0.4) is 0 Å². The van der Waals surface area contributed by atoms with Crippen LogP contribution in [0.5, 0.6) is 17.2 Å². The Morgan fingerprint density at radius 2 is 2.00 bits per heavy atom. The molecule has 2 aliphatic rings. The predicted octanol–water partition coefficient (Wildman–Crippen LogP) is 2.67. The number of sulfone groups is 1. The quantitative estimate of drug-likeness (QED) is 0.273. The fourth-order valence-corrected chi connectivity index (χ4v) is 5.63. The fraction of sp³-hybridized carbons (Fsp3) is 0.375. The Kier molecular flexibility index (Phi) is 6.82. The van der Waals surface area contributed by atoms with E-state index < -0.39 is 21.3 Å². The smallest absolute Gasteiger partial charge is 0.257 e. The summed E-state index contributed by atoms with van der Waals surface area (Å²) in [4.78, 5) is 13.1. The summed E-state index contributed by atoms with van der Waals surface area (Å²) in [5.74, 6) is 0.870. The van der Waals surface area contributed by atoms with Gasteiger partial charge in [0.25, 0.3) is 5.91 Å². The molecular formula is C24H28N4O6S. The number of nitrogens with one attached hydrogen (secondary N) is 3. The highest BCUT2D eigenvalue weighted by atomic mass is 32.2. The van der Waals surface area contributed by atoms with Crippen LogP contribution in [0.15, 0.2) is 46.4 Å². The number of hydrazone groups is 1. The van der Waals surface area contributed by atoms with Crippen LogP contribution >= 0.6 is 0 Å². The van der Waals surface area contributed by atoms with E-state index in [0.717, 1.165) is 11.8 Å². The Balaban J connectivity index is 1.65. The van der Waals surface area contributed by atoms with Crippen molar-refractivity contribution >= 4 is 27.8 Å². The zero-order valence-corrected chi connectivity index (χ0v) is 20.6. The molecule has 0 spiro atoms. The lowest BCUT2D eigenvalue weighted by molar-refractivity contribution is 0.0204. The topological polar surface area (TPSA) is 139 Å². The third kappa shape index (κ3) is 5.30. The van der Waals surface area contributed by atoms with E-state index >= 15 is 0 Å². The molecule has 35 heavy (non-hydrogen) atoms. The van der Waals surface area contributed by atoms with Gasteiger partial charge >= 0.3 is 0 Å². The third-order valence-corrected chi connectivity index (χ3v) is 8.02. The lowest BCUT2D eigenvalue weighted by atomic mass is 9.98. The number of nitrogens with zero attached hydrogens (tertiary/aromatic N) is 1. The molecule has 0 bridgehead atoms. The number of hydrogen-bond donors (Lipinski definition) is 3. The Morgan fingerprint density at radius 1 is 1.29 bits per heavy atom. The van der Waals surface area contributed by atoms with Gasteiger partial charge in [-0.3, -0.25) is 4.79 Å². The maximum atomic E-state index is 12.9. The minimum Gasteiger partial charge on any atom is -0.484 e. The highest BCUT2D eigenvalue weighted by Gasteiger charge is 2.38. The van der Waals surface area contributed by atoms with E-state index in [4.69, 9.17) is 19.6 Å². The molecule has 186 valence electrons. The Morgan fingerprint density at radius 3 is 2.60 bits per heavy atom. The van der Waals surface area contributed by atoms with Gasteiger partial charge in [-0.25, -0.2) is 8.42 Å². The van der Waals surface area contributed by atoms with E-state index in [1.165, 1.54) is 12.1 Å². The summed E-state index contributed by atoms with van der Waals surface area (Å²) in [6, 6.07) is 9.49. The van der Waals surface area contributed by atoms with Gasteiger partial charge in [-0.05, 0) is 56.2 Å². The standard InChI is InChI=1S/C24H28N4O6S/c1-24(14-32-3)12-19-20(33-16-4-6-17(7-5-16)35(30,31)18-8-9-18)10-15(11-21(19)34-24)23(29)27-22(13-25)28-26-2/h4-7,10-11,13,18,25-26H,8-9,12,14H2,1-3H3,(H,27,28,29). The minimum atomic E-state index is -3.30. The van der Waals surface area contributed by atoms with Gasteiger partial charge in [0.2, 0.25) is 0 Å². The van der Waals surface area contributed by atoms with Crippen molar-refractivity contribution in [1.29, 1.82) is 5.41 Å². The zero-order valence-electron chi connectivity index (χ0n) is 19.8. The van der Waals surface area contributed by atoms with E-state index in [-0.39, 0.29) is 21.5 Å². The van der Waals surface area contributed by atoms with E-state index in [2.05, 4.69) is 15.8 Å². The molecule has 3 N–H and O–H groups in total. The number of methoxy groups -OCH3 is 1. The molecule has 10 nitrogen and oxygen atoms in total. The maximum absolute atomic E-state index is 12.9. The normalized spacial score (nSPS) is 19.5. The Labute approximate surface area is 204 Å². The summed E-state index contributed by atoms with van der Waals surface area (Å²) in [5.41, 5.74) is 2.91. The van der Waals surface area contributed by atoms with Gasteiger partial charge in [-0.15, -0.1) is 0 Å². The highest BCUT2D eigenvalue weighted by molar-refractivity contribution is 7.92. The van der Waals surface area contributed by atoms with Crippen molar-refractivity contribution in [3.05, 3.63) is 47.5 Å². The first kappa shape index (κ1) is 24.7. The number of amidine groups is 1. The molecule has 1 aliphatic heterocycles. The van der Waals surface area contributed by atoms with Crippen LogP contribution in [0.4, 0.5) is 0 Å². The fourth-order valence-electron chi connectivity index (χ4n) is 3.97. The van der Waals surface area contributed by atoms with Gasteiger partial charge in [0.05, 0.1) is 23.0 Å². The van der Waals surface area contributed by atoms with E-state index in [1.807, 2.05) is 6.92 Å². The predicted molar refractivity (Wildman–Crippen MR) is 131 cm³/mol. The number of fused-ring (bicyclic) bond motifs is 1. The molecule has 4 rings (SSSR count).